The molecule has 0 radical (unpaired) electrons. The largest absolute Gasteiger partial charge is 0.482 e. The first-order valence-electron chi connectivity index (χ1n) is 8.65. The van der Waals surface area contributed by atoms with E-state index < -0.39 is 16.8 Å². The van der Waals surface area contributed by atoms with Crippen LogP contribution in [0, 0.1) is 17.0 Å². The van der Waals surface area contributed by atoms with Crippen LogP contribution in [0.3, 0.4) is 0 Å². The molecular weight excluding hydrogens is 364 g/mol. The van der Waals surface area contributed by atoms with Gasteiger partial charge in [0.05, 0.1) is 10.5 Å². The topological polar surface area (TPSA) is 122 Å². The Labute approximate surface area is 162 Å². The van der Waals surface area contributed by atoms with Gasteiger partial charge in [-0.05, 0) is 48.2 Å². The van der Waals surface area contributed by atoms with E-state index in [1.807, 2.05) is 19.1 Å². The molecule has 0 saturated carbocycles. The smallest absolute Gasteiger partial charge is 0.344 e. The minimum Gasteiger partial charge on any atom is -0.482 e. The lowest BCUT2D eigenvalue weighted by molar-refractivity contribution is -0.385. The summed E-state index contributed by atoms with van der Waals surface area (Å²) < 4.78 is 10.5. The molecule has 28 heavy (non-hydrogen) atoms. The van der Waals surface area contributed by atoms with Gasteiger partial charge in [-0.25, -0.2) is 4.79 Å². The fourth-order valence-corrected chi connectivity index (χ4v) is 2.74. The first kappa shape index (κ1) is 20.9. The quantitative estimate of drug-likeness (QED) is 0.422. The summed E-state index contributed by atoms with van der Waals surface area (Å²) in [5, 5.41) is 11.1. The summed E-state index contributed by atoms with van der Waals surface area (Å²) in [6, 6.07) is 9.30. The van der Waals surface area contributed by atoms with Crippen molar-refractivity contribution in [1.82, 2.24) is 0 Å². The molecule has 2 aromatic rings. The molecule has 8 heteroatoms. The number of hydrogen-bond donors (Lipinski definition) is 1. The van der Waals surface area contributed by atoms with Crippen LogP contribution in [0.15, 0.2) is 36.4 Å². The minimum atomic E-state index is -0.779. The van der Waals surface area contributed by atoms with Crippen molar-refractivity contribution >= 4 is 17.6 Å². The van der Waals surface area contributed by atoms with Gasteiger partial charge in [0.25, 0.3) is 5.69 Å². The van der Waals surface area contributed by atoms with E-state index in [0.717, 1.165) is 11.6 Å². The highest BCUT2D eigenvalue weighted by Gasteiger charge is 2.18. The van der Waals surface area contributed by atoms with Gasteiger partial charge >= 0.3 is 5.97 Å². The number of esters is 1. The van der Waals surface area contributed by atoms with Crippen LogP contribution in [0.5, 0.6) is 5.75 Å². The summed E-state index contributed by atoms with van der Waals surface area (Å²) in [5.74, 6) is -0.524. The molecule has 0 spiro atoms. The molecular formula is C20H22N2O6. The summed E-state index contributed by atoms with van der Waals surface area (Å²) in [4.78, 5) is 33.6. The zero-order valence-corrected chi connectivity index (χ0v) is 15.9. The Kier molecular flexibility index (Phi) is 6.70. The molecule has 0 aliphatic heterocycles. The second-order valence-corrected chi connectivity index (χ2v) is 6.59. The standard InChI is InChI=1S/C20H22N2O6/c1-12(2)17-7-6-16(8-13(17)3)27-11-19(23)28-10-15-5-4-14(20(21)24)9-18(15)22(25)26/h4-9,12H,10-11H2,1-3H3,(H2,21,24). The normalized spacial score (nSPS) is 10.6. The molecule has 2 N–H and O–H groups in total. The Morgan fingerprint density at radius 3 is 2.46 bits per heavy atom. The summed E-state index contributed by atoms with van der Waals surface area (Å²) in [5.41, 5.74) is 7.20. The number of amides is 1. The number of nitrogens with zero attached hydrogens (tertiary/aromatic N) is 1. The Balaban J connectivity index is 1.97. The molecule has 0 unspecified atom stereocenters. The molecule has 0 saturated heterocycles. The van der Waals surface area contributed by atoms with Gasteiger partial charge in [0, 0.05) is 11.6 Å². The van der Waals surface area contributed by atoms with Gasteiger partial charge < -0.3 is 15.2 Å². The molecule has 0 fully saturated rings. The molecule has 0 aliphatic rings. The van der Waals surface area contributed by atoms with Gasteiger partial charge in [0.2, 0.25) is 5.91 Å². The number of nitro groups is 1. The van der Waals surface area contributed by atoms with Crippen molar-refractivity contribution < 1.29 is 24.0 Å². The number of primary amides is 1. The van der Waals surface area contributed by atoms with Crippen LogP contribution in [0.2, 0.25) is 0 Å². The lowest BCUT2D eigenvalue weighted by Crippen LogP contribution is -2.16. The number of carbonyl (C=O) groups is 2. The van der Waals surface area contributed by atoms with Crippen molar-refractivity contribution in [3.63, 3.8) is 0 Å². The van der Waals surface area contributed by atoms with Crippen LogP contribution in [-0.4, -0.2) is 23.4 Å². The molecule has 148 valence electrons. The summed E-state index contributed by atoms with van der Waals surface area (Å²) in [7, 11) is 0. The van der Waals surface area contributed by atoms with E-state index in [9.17, 15) is 19.7 Å². The Morgan fingerprint density at radius 1 is 1.18 bits per heavy atom. The van der Waals surface area contributed by atoms with Crippen LogP contribution >= 0.6 is 0 Å². The number of hydrogen-bond acceptors (Lipinski definition) is 6. The van der Waals surface area contributed by atoms with Crippen molar-refractivity contribution in [1.29, 1.82) is 0 Å². The maximum atomic E-state index is 11.9. The molecule has 8 nitrogen and oxygen atoms in total. The van der Waals surface area contributed by atoms with E-state index in [1.54, 1.807) is 6.07 Å². The van der Waals surface area contributed by atoms with Crippen LogP contribution in [-0.2, 0) is 16.1 Å². The first-order valence-corrected chi connectivity index (χ1v) is 8.65. The molecule has 0 aliphatic carbocycles. The van der Waals surface area contributed by atoms with Crippen molar-refractivity contribution in [2.75, 3.05) is 6.61 Å². The lowest BCUT2D eigenvalue weighted by Gasteiger charge is -2.12. The maximum Gasteiger partial charge on any atom is 0.344 e. The average molecular weight is 386 g/mol. The second kappa shape index (κ2) is 8.98. The number of benzene rings is 2. The highest BCUT2D eigenvalue weighted by molar-refractivity contribution is 5.93. The van der Waals surface area contributed by atoms with Gasteiger partial charge in [-0.1, -0.05) is 19.9 Å². The van der Waals surface area contributed by atoms with E-state index >= 15 is 0 Å². The van der Waals surface area contributed by atoms with Crippen molar-refractivity contribution in [3.8, 4) is 5.75 Å². The third-order valence-electron chi connectivity index (χ3n) is 4.18. The van der Waals surface area contributed by atoms with Crippen LogP contribution < -0.4 is 10.5 Å². The monoisotopic (exact) mass is 386 g/mol. The molecule has 2 rings (SSSR count). The summed E-state index contributed by atoms with van der Waals surface area (Å²) in [6.07, 6.45) is 0. The van der Waals surface area contributed by atoms with Crippen LogP contribution in [0.1, 0.15) is 46.8 Å². The van der Waals surface area contributed by atoms with Gasteiger partial charge in [0.15, 0.2) is 6.61 Å². The Morgan fingerprint density at radius 2 is 1.89 bits per heavy atom. The minimum absolute atomic E-state index is 0.00493. The highest BCUT2D eigenvalue weighted by atomic mass is 16.6. The van der Waals surface area contributed by atoms with Crippen LogP contribution in [0.25, 0.3) is 0 Å². The summed E-state index contributed by atoms with van der Waals surface area (Å²) >= 11 is 0. The number of carbonyl (C=O) groups excluding carboxylic acids is 2. The van der Waals surface area contributed by atoms with Crippen molar-refractivity contribution in [2.45, 2.75) is 33.3 Å². The van der Waals surface area contributed by atoms with E-state index in [1.165, 1.54) is 17.7 Å². The van der Waals surface area contributed by atoms with Gasteiger partial charge in [-0.15, -0.1) is 0 Å². The molecule has 0 aromatic heterocycles. The zero-order valence-electron chi connectivity index (χ0n) is 15.9. The number of nitro benzene ring substituents is 1. The third-order valence-corrected chi connectivity index (χ3v) is 4.18. The summed E-state index contributed by atoms with van der Waals surface area (Å²) in [6.45, 7) is 5.51. The van der Waals surface area contributed by atoms with E-state index in [-0.39, 0.29) is 30.0 Å². The van der Waals surface area contributed by atoms with Gasteiger partial charge in [0.1, 0.15) is 12.4 Å². The molecule has 0 heterocycles. The predicted molar refractivity (Wildman–Crippen MR) is 102 cm³/mol. The number of aryl methyl sites for hydroxylation is 1. The van der Waals surface area contributed by atoms with E-state index in [0.29, 0.717) is 11.7 Å². The van der Waals surface area contributed by atoms with Gasteiger partial charge in [-0.2, -0.15) is 0 Å². The number of rotatable bonds is 8. The van der Waals surface area contributed by atoms with Crippen LogP contribution in [0.4, 0.5) is 5.69 Å². The third kappa shape index (κ3) is 5.29. The molecule has 1 amide bonds. The van der Waals surface area contributed by atoms with Crippen molar-refractivity contribution in [2.24, 2.45) is 5.73 Å². The molecule has 2 aromatic carbocycles. The maximum absolute atomic E-state index is 11.9. The fraction of sp³-hybridized carbons (Fsp3) is 0.300. The second-order valence-electron chi connectivity index (χ2n) is 6.59. The Bertz CT molecular complexity index is 908. The average Bonchev–Trinajstić information content (AvgIpc) is 2.64. The molecule has 0 atom stereocenters. The zero-order chi connectivity index (χ0) is 20.8. The predicted octanol–water partition coefficient (Wildman–Crippen LogP) is 3.25. The number of ether oxygens (including phenoxy) is 2. The van der Waals surface area contributed by atoms with E-state index in [2.05, 4.69) is 13.8 Å². The Hall–Kier alpha value is -3.42. The lowest BCUT2D eigenvalue weighted by atomic mass is 9.98. The first-order chi connectivity index (χ1) is 13.2. The van der Waals surface area contributed by atoms with Crippen molar-refractivity contribution in [3.05, 3.63) is 68.8 Å². The SMILES string of the molecule is Cc1cc(OCC(=O)OCc2ccc(C(N)=O)cc2[N+](=O)[O-])ccc1C(C)C. The fourth-order valence-electron chi connectivity index (χ4n) is 2.74. The van der Waals surface area contributed by atoms with E-state index in [4.69, 9.17) is 15.2 Å². The van der Waals surface area contributed by atoms with Gasteiger partial charge in [-0.3, -0.25) is 14.9 Å². The highest BCUT2D eigenvalue weighted by Crippen LogP contribution is 2.24. The number of nitrogens with two attached hydrogens (primary N) is 1. The molecule has 0 bridgehead atoms.